The van der Waals surface area contributed by atoms with Crippen molar-refractivity contribution in [3.63, 3.8) is 0 Å². The molecule has 0 atom stereocenters. The Hall–Kier alpha value is -2.82. The second-order valence-electron chi connectivity index (χ2n) is 5.98. The molecule has 0 spiro atoms. The second-order valence-corrected chi connectivity index (χ2v) is 5.98. The van der Waals surface area contributed by atoms with Gasteiger partial charge in [0.2, 0.25) is 5.96 Å². The summed E-state index contributed by atoms with van der Waals surface area (Å²) >= 11 is 0. The molecule has 1 saturated heterocycles. The molecule has 124 valence electrons. The first-order chi connectivity index (χ1) is 11.6. The zero-order valence-electron chi connectivity index (χ0n) is 14.1. The number of nitrogens with one attached hydrogen (secondary N) is 1. The van der Waals surface area contributed by atoms with Crippen molar-refractivity contribution in [3.8, 4) is 0 Å². The second kappa shape index (κ2) is 7.17. The largest absolute Gasteiger partial charge is 0.356 e. The number of guanidine groups is 1. The van der Waals surface area contributed by atoms with Crippen LogP contribution in [0.25, 0.3) is 0 Å². The summed E-state index contributed by atoms with van der Waals surface area (Å²) in [5.41, 5.74) is 2.55. The summed E-state index contributed by atoms with van der Waals surface area (Å²) in [6.45, 7) is 1.85. The first-order valence-electron chi connectivity index (χ1n) is 8.11. The number of amides is 1. The van der Waals surface area contributed by atoms with E-state index in [0.717, 1.165) is 36.8 Å². The van der Waals surface area contributed by atoms with E-state index < -0.39 is 0 Å². The third kappa shape index (κ3) is 3.74. The van der Waals surface area contributed by atoms with E-state index in [0.29, 0.717) is 5.56 Å². The van der Waals surface area contributed by atoms with Crippen LogP contribution in [0.1, 0.15) is 16.8 Å². The lowest BCUT2D eigenvalue weighted by Gasteiger charge is -2.34. The molecule has 5 heteroatoms. The minimum absolute atomic E-state index is 0.211. The molecular weight excluding hydrogens is 300 g/mol. The Labute approximate surface area is 142 Å². The van der Waals surface area contributed by atoms with Gasteiger partial charge in [-0.2, -0.15) is 4.99 Å². The monoisotopic (exact) mass is 322 g/mol. The Kier molecular flexibility index (Phi) is 4.79. The van der Waals surface area contributed by atoms with Gasteiger partial charge in [0.1, 0.15) is 0 Å². The zero-order valence-corrected chi connectivity index (χ0v) is 14.1. The number of anilines is 2. The lowest BCUT2D eigenvalue weighted by molar-refractivity contribution is 0.0998. The van der Waals surface area contributed by atoms with Crippen molar-refractivity contribution in [1.82, 2.24) is 9.80 Å². The van der Waals surface area contributed by atoms with Crippen LogP contribution in [0.3, 0.4) is 0 Å². The van der Waals surface area contributed by atoms with Gasteiger partial charge in [0.15, 0.2) is 0 Å². The quantitative estimate of drug-likeness (QED) is 0.943. The van der Waals surface area contributed by atoms with E-state index in [1.165, 1.54) is 0 Å². The van der Waals surface area contributed by atoms with Crippen LogP contribution >= 0.6 is 0 Å². The van der Waals surface area contributed by atoms with Crippen LogP contribution in [0.4, 0.5) is 11.4 Å². The summed E-state index contributed by atoms with van der Waals surface area (Å²) < 4.78 is 0. The third-order valence-corrected chi connectivity index (χ3v) is 4.07. The molecule has 1 aliphatic heterocycles. The lowest BCUT2D eigenvalue weighted by Crippen LogP contribution is -2.46. The predicted molar refractivity (Wildman–Crippen MR) is 97.8 cm³/mol. The van der Waals surface area contributed by atoms with Gasteiger partial charge in [0, 0.05) is 44.1 Å². The molecule has 0 aliphatic carbocycles. The van der Waals surface area contributed by atoms with Gasteiger partial charge in [-0.1, -0.05) is 18.2 Å². The van der Waals surface area contributed by atoms with Gasteiger partial charge in [-0.25, -0.2) is 0 Å². The van der Waals surface area contributed by atoms with Crippen molar-refractivity contribution in [2.75, 3.05) is 32.5 Å². The van der Waals surface area contributed by atoms with Gasteiger partial charge in [-0.05, 0) is 42.8 Å². The number of aliphatic imine (C=N–C) groups is 1. The average molecular weight is 322 g/mol. The van der Waals surface area contributed by atoms with E-state index in [4.69, 9.17) is 0 Å². The Balaban J connectivity index is 1.72. The summed E-state index contributed by atoms with van der Waals surface area (Å²) in [6, 6.07) is 17.3. The van der Waals surface area contributed by atoms with Crippen molar-refractivity contribution in [3.05, 3.63) is 60.2 Å². The Morgan fingerprint density at radius 3 is 2.12 bits per heavy atom. The van der Waals surface area contributed by atoms with Crippen molar-refractivity contribution in [1.29, 1.82) is 0 Å². The van der Waals surface area contributed by atoms with Crippen LogP contribution in [0.2, 0.25) is 0 Å². The van der Waals surface area contributed by atoms with Crippen LogP contribution in [-0.4, -0.2) is 48.9 Å². The molecule has 0 radical (unpaired) electrons. The number of para-hydroxylation sites is 1. The SMILES string of the molecule is CN1CCCN(C)C1=NC(=O)c1ccc(Nc2ccccc2)cc1. The Bertz CT molecular complexity index is 713. The normalized spacial score (nSPS) is 14.5. The van der Waals surface area contributed by atoms with E-state index >= 15 is 0 Å². The molecule has 1 amide bonds. The molecule has 1 N–H and O–H groups in total. The molecule has 0 unspecified atom stereocenters. The van der Waals surface area contributed by atoms with Crippen LogP contribution < -0.4 is 5.32 Å². The van der Waals surface area contributed by atoms with Gasteiger partial charge in [-0.3, -0.25) is 4.79 Å². The van der Waals surface area contributed by atoms with E-state index in [2.05, 4.69) is 10.3 Å². The summed E-state index contributed by atoms with van der Waals surface area (Å²) in [5.74, 6) is 0.523. The van der Waals surface area contributed by atoms with E-state index in [1.54, 1.807) is 12.1 Å². The smallest absolute Gasteiger partial charge is 0.280 e. The highest BCUT2D eigenvalue weighted by Gasteiger charge is 2.19. The van der Waals surface area contributed by atoms with Crippen LogP contribution in [0.5, 0.6) is 0 Å². The molecule has 5 nitrogen and oxygen atoms in total. The maximum Gasteiger partial charge on any atom is 0.280 e. The molecule has 0 aromatic heterocycles. The van der Waals surface area contributed by atoms with Gasteiger partial charge in [0.25, 0.3) is 5.91 Å². The molecular formula is C19H22N4O. The van der Waals surface area contributed by atoms with Gasteiger partial charge in [0.05, 0.1) is 0 Å². The van der Waals surface area contributed by atoms with Crippen LogP contribution in [0, 0.1) is 0 Å². The summed E-state index contributed by atoms with van der Waals surface area (Å²) in [5, 5.41) is 3.30. The fraction of sp³-hybridized carbons (Fsp3) is 0.263. The number of hydrogen-bond donors (Lipinski definition) is 1. The van der Waals surface area contributed by atoms with Gasteiger partial charge in [-0.15, -0.1) is 0 Å². The topological polar surface area (TPSA) is 47.9 Å². The molecule has 0 saturated carbocycles. The Morgan fingerprint density at radius 2 is 1.50 bits per heavy atom. The first kappa shape index (κ1) is 16.1. The summed E-state index contributed by atoms with van der Waals surface area (Å²) in [4.78, 5) is 20.7. The van der Waals surface area contributed by atoms with Gasteiger partial charge >= 0.3 is 0 Å². The minimum atomic E-state index is -0.211. The predicted octanol–water partition coefficient (Wildman–Crippen LogP) is 3.19. The van der Waals surface area contributed by atoms with Crippen molar-refractivity contribution in [2.24, 2.45) is 4.99 Å². The van der Waals surface area contributed by atoms with E-state index in [9.17, 15) is 4.79 Å². The van der Waals surface area contributed by atoms with Crippen molar-refractivity contribution < 1.29 is 4.79 Å². The fourth-order valence-corrected chi connectivity index (χ4v) is 2.75. The number of benzene rings is 2. The molecule has 2 aromatic rings. The van der Waals surface area contributed by atoms with Crippen LogP contribution in [-0.2, 0) is 0 Å². The standard InChI is InChI=1S/C19H22N4O/c1-22-13-6-14-23(2)19(22)21-18(24)15-9-11-17(12-10-15)20-16-7-4-3-5-8-16/h3-5,7-12,20H,6,13-14H2,1-2H3. The lowest BCUT2D eigenvalue weighted by atomic mass is 10.2. The van der Waals surface area contributed by atoms with Crippen molar-refractivity contribution >= 4 is 23.2 Å². The molecule has 1 fully saturated rings. The summed E-state index contributed by atoms with van der Waals surface area (Å²) in [7, 11) is 3.93. The zero-order chi connectivity index (χ0) is 16.9. The van der Waals surface area contributed by atoms with Crippen LogP contribution in [0.15, 0.2) is 59.6 Å². The van der Waals surface area contributed by atoms with Crippen molar-refractivity contribution in [2.45, 2.75) is 6.42 Å². The molecule has 0 bridgehead atoms. The highest BCUT2D eigenvalue weighted by Crippen LogP contribution is 2.17. The van der Waals surface area contributed by atoms with E-state index in [1.807, 2.05) is 66.4 Å². The molecule has 1 heterocycles. The number of nitrogens with zero attached hydrogens (tertiary/aromatic N) is 3. The van der Waals surface area contributed by atoms with E-state index in [-0.39, 0.29) is 5.91 Å². The Morgan fingerprint density at radius 1 is 0.917 bits per heavy atom. The fourth-order valence-electron chi connectivity index (χ4n) is 2.75. The number of carbonyl (C=O) groups excluding carboxylic acids is 1. The highest BCUT2D eigenvalue weighted by molar-refractivity contribution is 6.02. The molecule has 2 aromatic carbocycles. The maximum absolute atomic E-state index is 12.4. The number of carbonyl (C=O) groups is 1. The number of rotatable bonds is 3. The molecule has 1 aliphatic rings. The average Bonchev–Trinajstić information content (AvgIpc) is 2.60. The van der Waals surface area contributed by atoms with Gasteiger partial charge < -0.3 is 15.1 Å². The summed E-state index contributed by atoms with van der Waals surface area (Å²) in [6.07, 6.45) is 1.08. The minimum Gasteiger partial charge on any atom is -0.356 e. The third-order valence-electron chi connectivity index (χ3n) is 4.07. The number of hydrogen-bond acceptors (Lipinski definition) is 2. The molecule has 3 rings (SSSR count). The molecule has 24 heavy (non-hydrogen) atoms. The maximum atomic E-state index is 12.4. The first-order valence-corrected chi connectivity index (χ1v) is 8.11. The highest BCUT2D eigenvalue weighted by atomic mass is 16.1.